The van der Waals surface area contributed by atoms with Crippen molar-refractivity contribution in [2.75, 3.05) is 28.4 Å². The van der Waals surface area contributed by atoms with Crippen molar-refractivity contribution in [1.82, 2.24) is 0 Å². The highest BCUT2D eigenvalue weighted by Crippen LogP contribution is 2.08. The molecule has 3 aromatic rings. The quantitative estimate of drug-likeness (QED) is 0.349. The maximum Gasteiger partial charge on any atom is 0.193 e. The Bertz CT molecular complexity index is 584. The van der Waals surface area contributed by atoms with E-state index in [4.69, 9.17) is 0 Å². The number of methoxy groups -OCH3 is 2. The summed E-state index contributed by atoms with van der Waals surface area (Å²) in [7, 11) is 6.50. The zero-order valence-corrected chi connectivity index (χ0v) is 24.0. The van der Waals surface area contributed by atoms with Crippen molar-refractivity contribution in [3.8, 4) is 0 Å². The van der Waals surface area contributed by atoms with Gasteiger partial charge in [0.15, 0.2) is 5.78 Å². The second kappa shape index (κ2) is 44.0. The van der Waals surface area contributed by atoms with Gasteiger partial charge >= 0.3 is 0 Å². The van der Waals surface area contributed by atoms with Crippen LogP contribution in [-0.4, -0.2) is 34.2 Å². The van der Waals surface area contributed by atoms with Crippen LogP contribution in [0.5, 0.6) is 0 Å². The first-order valence-corrected chi connectivity index (χ1v) is 12.2. The highest BCUT2D eigenvalue weighted by molar-refractivity contribution is 6.08. The Hall–Kier alpha value is -2.75. The zero-order chi connectivity index (χ0) is 27.5. The molecule has 0 bridgehead atoms. The molecule has 0 atom stereocenters. The van der Waals surface area contributed by atoms with Gasteiger partial charge in [-0.2, -0.15) is 0 Å². The molecular weight excluding hydrogens is 420 g/mol. The molecule has 3 heteroatoms. The molecule has 0 spiro atoms. The van der Waals surface area contributed by atoms with Gasteiger partial charge in [0.05, 0.1) is 0 Å². The fourth-order valence-electron chi connectivity index (χ4n) is 1.73. The van der Waals surface area contributed by atoms with Crippen LogP contribution in [0.4, 0.5) is 0 Å². The Morgan fingerprint density at radius 1 is 0.412 bits per heavy atom. The van der Waals surface area contributed by atoms with E-state index in [0.29, 0.717) is 0 Å². The van der Waals surface area contributed by atoms with Crippen molar-refractivity contribution in [1.29, 1.82) is 0 Å². The Morgan fingerprint density at radius 3 is 0.735 bits per heavy atom. The van der Waals surface area contributed by atoms with E-state index in [1.807, 2.05) is 152 Å². The molecule has 0 heterocycles. The van der Waals surface area contributed by atoms with Crippen molar-refractivity contribution in [2.24, 2.45) is 0 Å². The summed E-state index contributed by atoms with van der Waals surface area (Å²) in [6, 6.07) is 30.6. The van der Waals surface area contributed by atoms with E-state index in [9.17, 15) is 4.79 Å². The predicted molar refractivity (Wildman–Crippen MR) is 154 cm³/mol. The van der Waals surface area contributed by atoms with Crippen LogP contribution in [0.2, 0.25) is 0 Å². The second-order valence-electron chi connectivity index (χ2n) is 5.03. The van der Waals surface area contributed by atoms with Crippen molar-refractivity contribution in [3.63, 3.8) is 0 Å². The minimum absolute atomic E-state index is 0.0752. The number of ketones is 1. The molecule has 34 heavy (non-hydrogen) atoms. The van der Waals surface area contributed by atoms with Crippen LogP contribution in [0.25, 0.3) is 0 Å². The Labute approximate surface area is 212 Å². The minimum atomic E-state index is 0.0752. The van der Waals surface area contributed by atoms with Gasteiger partial charge in [0.25, 0.3) is 0 Å². The fourth-order valence-corrected chi connectivity index (χ4v) is 1.73. The third kappa shape index (κ3) is 31.4. The number of hydrogen-bond donors (Lipinski definition) is 0. The number of carbonyl (C=O) groups is 1. The molecule has 0 aromatic heterocycles. The van der Waals surface area contributed by atoms with Crippen molar-refractivity contribution in [2.45, 2.75) is 55.4 Å². The molecule has 0 unspecified atom stereocenters. The van der Waals surface area contributed by atoms with Crippen LogP contribution in [0, 0.1) is 0 Å². The molecule has 194 valence electrons. The molecule has 3 rings (SSSR count). The maximum atomic E-state index is 11.8. The van der Waals surface area contributed by atoms with Crippen LogP contribution < -0.4 is 0 Å². The number of benzene rings is 3. The first kappa shape index (κ1) is 41.5. The lowest BCUT2D eigenvalue weighted by Crippen LogP contribution is -1.99. The van der Waals surface area contributed by atoms with Gasteiger partial charge in [0.2, 0.25) is 0 Å². The summed E-state index contributed by atoms with van der Waals surface area (Å²) in [6.45, 7) is 16.0. The molecule has 3 aromatic carbocycles. The fraction of sp³-hybridized carbons (Fsp3) is 0.387. The van der Waals surface area contributed by atoms with E-state index in [2.05, 4.69) is 9.47 Å². The molecular formula is C31H52O3. The van der Waals surface area contributed by atoms with Gasteiger partial charge in [0, 0.05) is 39.6 Å². The number of hydrogen-bond acceptors (Lipinski definition) is 3. The van der Waals surface area contributed by atoms with Crippen molar-refractivity contribution >= 4 is 5.78 Å². The molecule has 0 aliphatic carbocycles. The van der Waals surface area contributed by atoms with Gasteiger partial charge in [-0.15, -0.1) is 0 Å². The average molecular weight is 473 g/mol. The molecule has 0 amide bonds. The van der Waals surface area contributed by atoms with Crippen LogP contribution in [0.15, 0.2) is 97.1 Å². The average Bonchev–Trinajstić information content (AvgIpc) is 2.96. The molecule has 0 fully saturated rings. The monoisotopic (exact) mass is 472 g/mol. The summed E-state index contributed by atoms with van der Waals surface area (Å²) in [5.74, 6) is 0.0752. The van der Waals surface area contributed by atoms with Gasteiger partial charge in [-0.25, -0.2) is 0 Å². The van der Waals surface area contributed by atoms with Crippen LogP contribution in [-0.2, 0) is 9.47 Å². The lowest BCUT2D eigenvalue weighted by Gasteiger charge is -1.99. The first-order chi connectivity index (χ1) is 16.7. The summed E-state index contributed by atoms with van der Waals surface area (Å²) < 4.78 is 8.50. The molecule has 0 aliphatic heterocycles. The maximum absolute atomic E-state index is 11.8. The lowest BCUT2D eigenvalue weighted by molar-refractivity contribution is 0.103. The highest BCUT2D eigenvalue weighted by Gasteiger charge is 2.06. The highest BCUT2D eigenvalue weighted by atomic mass is 16.5. The third-order valence-electron chi connectivity index (χ3n) is 2.74. The van der Waals surface area contributed by atoms with Crippen LogP contribution >= 0.6 is 0 Å². The van der Waals surface area contributed by atoms with Gasteiger partial charge < -0.3 is 9.47 Å². The zero-order valence-electron chi connectivity index (χ0n) is 24.0. The normalized spacial score (nSPS) is 7.18. The lowest BCUT2D eigenvalue weighted by atomic mass is 10.0. The largest absolute Gasteiger partial charge is 0.388 e. The van der Waals surface area contributed by atoms with Crippen molar-refractivity contribution < 1.29 is 14.3 Å². The molecule has 0 saturated carbocycles. The summed E-state index contributed by atoms with van der Waals surface area (Å²) in [5, 5.41) is 0. The van der Waals surface area contributed by atoms with E-state index < -0.39 is 0 Å². The molecule has 0 aliphatic rings. The number of rotatable bonds is 2. The summed E-state index contributed by atoms with van der Waals surface area (Å²) in [6.07, 6.45) is 0. The first-order valence-electron chi connectivity index (χ1n) is 12.2. The molecule has 3 nitrogen and oxygen atoms in total. The second-order valence-corrected chi connectivity index (χ2v) is 5.03. The van der Waals surface area contributed by atoms with E-state index in [1.54, 1.807) is 28.4 Å². The van der Waals surface area contributed by atoms with Gasteiger partial charge in [-0.3, -0.25) is 4.79 Å². The summed E-state index contributed by atoms with van der Waals surface area (Å²) >= 11 is 0. The standard InChI is InChI=1S/C13H10O.C6H6.2C2H6O.4C2H6/c14-13(11-7-3-1-4-8-11)12-9-5-2-6-10-12;1-2-4-6-5-3-1;2*1-3-2;4*1-2/h1-10H;1-6H;2*1-2H3;4*1-2H3. The van der Waals surface area contributed by atoms with Gasteiger partial charge in [-0.05, 0) is 0 Å². The van der Waals surface area contributed by atoms with Crippen LogP contribution in [0.1, 0.15) is 71.3 Å². The van der Waals surface area contributed by atoms with E-state index in [-0.39, 0.29) is 5.78 Å². The Kier molecular flexibility index (Phi) is 53.7. The van der Waals surface area contributed by atoms with Gasteiger partial charge in [0.1, 0.15) is 0 Å². The van der Waals surface area contributed by atoms with Crippen molar-refractivity contribution in [3.05, 3.63) is 108 Å². The summed E-state index contributed by atoms with van der Waals surface area (Å²) in [5.41, 5.74) is 1.47. The van der Waals surface area contributed by atoms with Gasteiger partial charge in [-0.1, -0.05) is 152 Å². The Morgan fingerprint density at radius 2 is 0.559 bits per heavy atom. The molecule has 0 radical (unpaired) electrons. The molecule has 0 N–H and O–H groups in total. The Balaban J connectivity index is -0.000000118. The summed E-state index contributed by atoms with van der Waals surface area (Å²) in [4.78, 5) is 11.8. The topological polar surface area (TPSA) is 35.5 Å². The minimum Gasteiger partial charge on any atom is -0.388 e. The van der Waals surface area contributed by atoms with E-state index in [0.717, 1.165) is 11.1 Å². The molecule has 0 saturated heterocycles. The SMILES string of the molecule is CC.CC.CC.CC.COC.COC.O=C(c1ccccc1)c1ccccc1.c1ccccc1. The van der Waals surface area contributed by atoms with E-state index >= 15 is 0 Å². The number of ether oxygens (including phenoxy) is 2. The third-order valence-corrected chi connectivity index (χ3v) is 2.74. The predicted octanol–water partition coefficient (Wildman–Crippen LogP) is 9.23. The smallest absolute Gasteiger partial charge is 0.193 e. The van der Waals surface area contributed by atoms with Crippen LogP contribution in [0.3, 0.4) is 0 Å². The van der Waals surface area contributed by atoms with E-state index in [1.165, 1.54) is 0 Å². The number of carbonyl (C=O) groups excluding carboxylic acids is 1.